The zero-order chi connectivity index (χ0) is 12.6. The van der Waals surface area contributed by atoms with Gasteiger partial charge in [0.15, 0.2) is 0 Å². The molecule has 3 nitrogen and oxygen atoms in total. The summed E-state index contributed by atoms with van der Waals surface area (Å²) in [6.45, 7) is 3.34. The monoisotopic (exact) mass is 251 g/mol. The summed E-state index contributed by atoms with van der Waals surface area (Å²) < 4.78 is 24.4. The first-order valence-corrected chi connectivity index (χ1v) is 6.39. The van der Waals surface area contributed by atoms with E-state index in [0.717, 1.165) is 30.8 Å². The van der Waals surface area contributed by atoms with Gasteiger partial charge in [-0.1, -0.05) is 0 Å². The molecule has 98 valence electrons. The number of rotatable bonds is 3. The summed E-state index contributed by atoms with van der Waals surface area (Å²) in [5.74, 6) is 1.07. The Morgan fingerprint density at radius 3 is 2.83 bits per heavy atom. The van der Waals surface area contributed by atoms with Gasteiger partial charge in [-0.25, -0.2) is 4.39 Å². The van der Waals surface area contributed by atoms with E-state index in [2.05, 4.69) is 5.32 Å². The van der Waals surface area contributed by atoms with E-state index in [1.807, 2.05) is 0 Å². The van der Waals surface area contributed by atoms with Crippen molar-refractivity contribution in [1.82, 2.24) is 5.32 Å². The predicted octanol–water partition coefficient (Wildman–Crippen LogP) is 1.71. The lowest BCUT2D eigenvalue weighted by atomic mass is 9.68. The van der Waals surface area contributed by atoms with Crippen LogP contribution in [0, 0.1) is 11.7 Å². The number of hydrogen-bond acceptors (Lipinski definition) is 3. The van der Waals surface area contributed by atoms with Crippen molar-refractivity contribution in [2.75, 3.05) is 33.4 Å². The van der Waals surface area contributed by atoms with E-state index in [4.69, 9.17) is 9.47 Å². The molecule has 18 heavy (non-hydrogen) atoms. The first-order valence-electron chi connectivity index (χ1n) is 6.39. The Hall–Kier alpha value is -1.13. The molecule has 2 fully saturated rings. The number of methoxy groups -OCH3 is 1. The van der Waals surface area contributed by atoms with Gasteiger partial charge in [-0.3, -0.25) is 0 Å². The molecule has 0 radical (unpaired) electrons. The summed E-state index contributed by atoms with van der Waals surface area (Å²) in [5, 5.41) is 3.38. The second-order valence-electron chi connectivity index (χ2n) is 5.18. The van der Waals surface area contributed by atoms with Crippen LogP contribution in [0.25, 0.3) is 0 Å². The third-order valence-electron chi connectivity index (χ3n) is 4.26. The largest absolute Gasteiger partial charge is 0.496 e. The number of benzene rings is 1. The zero-order valence-electron chi connectivity index (χ0n) is 10.5. The van der Waals surface area contributed by atoms with Gasteiger partial charge < -0.3 is 14.8 Å². The van der Waals surface area contributed by atoms with Crippen LogP contribution < -0.4 is 10.1 Å². The highest BCUT2D eigenvalue weighted by Crippen LogP contribution is 2.45. The van der Waals surface area contributed by atoms with Gasteiger partial charge in [-0.2, -0.15) is 0 Å². The molecule has 4 heteroatoms. The fraction of sp³-hybridized carbons (Fsp3) is 0.571. The molecule has 0 saturated carbocycles. The Bertz CT molecular complexity index is 439. The van der Waals surface area contributed by atoms with Crippen LogP contribution in [-0.2, 0) is 10.2 Å². The molecule has 2 heterocycles. The Labute approximate surface area is 106 Å². The smallest absolute Gasteiger partial charge is 0.123 e. The highest BCUT2D eigenvalue weighted by molar-refractivity contribution is 5.42. The van der Waals surface area contributed by atoms with E-state index in [0.29, 0.717) is 19.1 Å². The van der Waals surface area contributed by atoms with Crippen LogP contribution in [0.4, 0.5) is 4.39 Å². The molecule has 1 atom stereocenters. The summed E-state index contributed by atoms with van der Waals surface area (Å²) in [6, 6.07) is 4.77. The van der Waals surface area contributed by atoms with E-state index in [1.165, 1.54) is 6.07 Å². The lowest BCUT2D eigenvalue weighted by molar-refractivity contribution is -0.0879. The van der Waals surface area contributed by atoms with Gasteiger partial charge in [0.2, 0.25) is 0 Å². The zero-order valence-corrected chi connectivity index (χ0v) is 10.5. The summed E-state index contributed by atoms with van der Waals surface area (Å²) in [6.07, 6.45) is 1.11. The van der Waals surface area contributed by atoms with Crippen molar-refractivity contribution in [3.05, 3.63) is 29.6 Å². The van der Waals surface area contributed by atoms with E-state index in [1.54, 1.807) is 19.2 Å². The maximum Gasteiger partial charge on any atom is 0.123 e. The topological polar surface area (TPSA) is 30.5 Å². The van der Waals surface area contributed by atoms with E-state index >= 15 is 0 Å². The van der Waals surface area contributed by atoms with Crippen molar-refractivity contribution in [3.63, 3.8) is 0 Å². The number of ether oxygens (including phenoxy) is 2. The van der Waals surface area contributed by atoms with Gasteiger partial charge in [0.05, 0.1) is 20.3 Å². The molecule has 0 spiro atoms. The number of halogens is 1. The fourth-order valence-corrected chi connectivity index (χ4v) is 3.13. The third kappa shape index (κ3) is 1.71. The lowest BCUT2D eigenvalue weighted by Crippen LogP contribution is -2.53. The molecule has 0 aromatic heterocycles. The molecule has 0 aliphatic carbocycles. The van der Waals surface area contributed by atoms with Gasteiger partial charge in [0.25, 0.3) is 0 Å². The van der Waals surface area contributed by atoms with Crippen LogP contribution in [-0.4, -0.2) is 33.4 Å². The Morgan fingerprint density at radius 2 is 2.28 bits per heavy atom. The molecule has 0 amide bonds. The van der Waals surface area contributed by atoms with Gasteiger partial charge in [-0.05, 0) is 43.6 Å². The SMILES string of the molecule is COc1ccc(F)cc1C1(C2CCNC2)COC1. The van der Waals surface area contributed by atoms with Crippen molar-refractivity contribution in [1.29, 1.82) is 0 Å². The van der Waals surface area contributed by atoms with Crippen LogP contribution in [0.3, 0.4) is 0 Å². The number of hydrogen-bond donors (Lipinski definition) is 1. The Kier molecular flexibility index (Phi) is 2.99. The van der Waals surface area contributed by atoms with Crippen molar-refractivity contribution >= 4 is 0 Å². The average molecular weight is 251 g/mol. The van der Waals surface area contributed by atoms with Gasteiger partial charge in [0.1, 0.15) is 11.6 Å². The third-order valence-corrected chi connectivity index (χ3v) is 4.26. The summed E-state index contributed by atoms with van der Waals surface area (Å²) in [4.78, 5) is 0. The highest BCUT2D eigenvalue weighted by Gasteiger charge is 2.49. The molecule has 0 bridgehead atoms. The molecule has 1 unspecified atom stereocenters. The molecule has 1 N–H and O–H groups in total. The van der Waals surface area contributed by atoms with Gasteiger partial charge in [-0.15, -0.1) is 0 Å². The molecule has 2 saturated heterocycles. The summed E-state index contributed by atoms with van der Waals surface area (Å²) >= 11 is 0. The summed E-state index contributed by atoms with van der Waals surface area (Å²) in [5.41, 5.74) is 0.890. The minimum absolute atomic E-state index is 0.0725. The average Bonchev–Trinajstić information content (AvgIpc) is 2.82. The maximum absolute atomic E-state index is 13.5. The minimum Gasteiger partial charge on any atom is -0.496 e. The molecule has 1 aromatic carbocycles. The standard InChI is InChI=1S/C14H18FNO2/c1-17-13-3-2-11(15)6-12(13)14(8-18-9-14)10-4-5-16-7-10/h2-3,6,10,16H,4-5,7-9H2,1H3. The predicted molar refractivity (Wildman–Crippen MR) is 66.4 cm³/mol. The van der Waals surface area contributed by atoms with Gasteiger partial charge in [0, 0.05) is 11.0 Å². The molecule has 2 aliphatic heterocycles. The van der Waals surface area contributed by atoms with E-state index in [-0.39, 0.29) is 11.2 Å². The van der Waals surface area contributed by atoms with Crippen molar-refractivity contribution in [2.45, 2.75) is 11.8 Å². The lowest BCUT2D eigenvalue weighted by Gasteiger charge is -2.46. The molecular weight excluding hydrogens is 233 g/mol. The molecular formula is C14H18FNO2. The summed E-state index contributed by atoms with van der Waals surface area (Å²) in [7, 11) is 1.64. The van der Waals surface area contributed by atoms with Crippen LogP contribution in [0.15, 0.2) is 18.2 Å². The van der Waals surface area contributed by atoms with Crippen molar-refractivity contribution < 1.29 is 13.9 Å². The van der Waals surface area contributed by atoms with Crippen LogP contribution in [0.2, 0.25) is 0 Å². The van der Waals surface area contributed by atoms with Crippen LogP contribution >= 0.6 is 0 Å². The van der Waals surface area contributed by atoms with E-state index < -0.39 is 0 Å². The Morgan fingerprint density at radius 1 is 1.44 bits per heavy atom. The molecule has 2 aliphatic rings. The highest BCUT2D eigenvalue weighted by atomic mass is 19.1. The normalized spacial score (nSPS) is 25.8. The van der Waals surface area contributed by atoms with Crippen LogP contribution in [0.1, 0.15) is 12.0 Å². The first kappa shape index (κ1) is 11.9. The fourth-order valence-electron chi connectivity index (χ4n) is 3.13. The quantitative estimate of drug-likeness (QED) is 0.887. The number of nitrogens with one attached hydrogen (secondary N) is 1. The second-order valence-corrected chi connectivity index (χ2v) is 5.18. The maximum atomic E-state index is 13.5. The van der Waals surface area contributed by atoms with Crippen molar-refractivity contribution in [2.24, 2.45) is 5.92 Å². The first-order chi connectivity index (χ1) is 8.76. The minimum atomic E-state index is -0.206. The van der Waals surface area contributed by atoms with Crippen LogP contribution in [0.5, 0.6) is 5.75 Å². The molecule has 1 aromatic rings. The van der Waals surface area contributed by atoms with Crippen molar-refractivity contribution in [3.8, 4) is 5.75 Å². The Balaban J connectivity index is 2.02. The second kappa shape index (κ2) is 4.52. The van der Waals surface area contributed by atoms with E-state index in [9.17, 15) is 4.39 Å². The van der Waals surface area contributed by atoms with Gasteiger partial charge >= 0.3 is 0 Å². The molecule has 3 rings (SSSR count).